The van der Waals surface area contributed by atoms with Gasteiger partial charge in [-0.15, -0.1) is 0 Å². The van der Waals surface area contributed by atoms with Gasteiger partial charge in [0.1, 0.15) is 5.82 Å². The zero-order valence-electron chi connectivity index (χ0n) is 14.6. The number of nitrogens with zero attached hydrogens (tertiary/aromatic N) is 4. The quantitative estimate of drug-likeness (QED) is 0.738. The van der Waals surface area contributed by atoms with E-state index in [1.54, 1.807) is 6.20 Å². The monoisotopic (exact) mass is 334 g/mol. The SMILES string of the molecule is CCn1c([C@H]2CCN(C(=O)c3ccccc3C)C2)nc2ccncc21. The van der Waals surface area contributed by atoms with Gasteiger partial charge in [-0.2, -0.15) is 0 Å². The highest BCUT2D eigenvalue weighted by Crippen LogP contribution is 2.30. The van der Waals surface area contributed by atoms with E-state index in [0.29, 0.717) is 0 Å². The van der Waals surface area contributed by atoms with Gasteiger partial charge >= 0.3 is 0 Å². The van der Waals surface area contributed by atoms with Gasteiger partial charge in [0, 0.05) is 37.3 Å². The van der Waals surface area contributed by atoms with Crippen molar-refractivity contribution in [2.45, 2.75) is 32.7 Å². The molecular weight excluding hydrogens is 312 g/mol. The van der Waals surface area contributed by atoms with Gasteiger partial charge in [-0.05, 0) is 38.0 Å². The maximum atomic E-state index is 12.9. The maximum Gasteiger partial charge on any atom is 0.254 e. The molecule has 1 fully saturated rings. The first-order chi connectivity index (χ1) is 12.2. The van der Waals surface area contributed by atoms with Crippen LogP contribution in [0.3, 0.4) is 0 Å². The Hall–Kier alpha value is -2.69. The first kappa shape index (κ1) is 15.8. The number of benzene rings is 1. The fraction of sp³-hybridized carbons (Fsp3) is 0.350. The summed E-state index contributed by atoms with van der Waals surface area (Å²) in [5, 5.41) is 0. The first-order valence-corrected chi connectivity index (χ1v) is 8.84. The molecule has 1 amide bonds. The van der Waals surface area contributed by atoms with E-state index in [1.165, 1.54) is 0 Å². The van der Waals surface area contributed by atoms with E-state index >= 15 is 0 Å². The highest BCUT2D eigenvalue weighted by Gasteiger charge is 2.31. The molecule has 4 rings (SSSR count). The lowest BCUT2D eigenvalue weighted by atomic mass is 10.1. The van der Waals surface area contributed by atoms with E-state index in [2.05, 4.69) is 16.5 Å². The summed E-state index contributed by atoms with van der Waals surface area (Å²) in [4.78, 5) is 23.9. The van der Waals surface area contributed by atoms with Gasteiger partial charge in [-0.1, -0.05) is 18.2 Å². The van der Waals surface area contributed by atoms with Crippen molar-refractivity contribution in [3.05, 3.63) is 59.7 Å². The second-order valence-electron chi connectivity index (χ2n) is 6.63. The van der Waals surface area contributed by atoms with Crippen LogP contribution in [0.1, 0.15) is 41.0 Å². The standard InChI is InChI=1S/C20H22N4O/c1-3-24-18-12-21-10-8-17(18)22-19(24)15-9-11-23(13-15)20(25)16-7-5-4-6-14(16)2/h4-8,10,12,15H,3,9,11,13H2,1-2H3/t15-/m0/s1. The highest BCUT2D eigenvalue weighted by atomic mass is 16.2. The molecule has 25 heavy (non-hydrogen) atoms. The van der Waals surface area contributed by atoms with Crippen molar-refractivity contribution in [2.75, 3.05) is 13.1 Å². The molecule has 3 heterocycles. The van der Waals surface area contributed by atoms with Gasteiger partial charge in [0.25, 0.3) is 5.91 Å². The van der Waals surface area contributed by atoms with E-state index < -0.39 is 0 Å². The van der Waals surface area contributed by atoms with Crippen LogP contribution in [0, 0.1) is 6.92 Å². The fourth-order valence-corrected chi connectivity index (χ4v) is 3.77. The summed E-state index contributed by atoms with van der Waals surface area (Å²) in [6, 6.07) is 9.76. The second-order valence-corrected chi connectivity index (χ2v) is 6.63. The Morgan fingerprint density at radius 3 is 2.92 bits per heavy atom. The number of likely N-dealkylation sites (tertiary alicyclic amines) is 1. The third kappa shape index (κ3) is 2.69. The summed E-state index contributed by atoms with van der Waals surface area (Å²) in [6.45, 7) is 6.49. The molecule has 1 atom stereocenters. The van der Waals surface area contributed by atoms with Gasteiger partial charge in [-0.3, -0.25) is 9.78 Å². The Labute approximate surface area is 147 Å². The lowest BCUT2D eigenvalue weighted by Crippen LogP contribution is -2.29. The average Bonchev–Trinajstić information content (AvgIpc) is 3.26. The van der Waals surface area contributed by atoms with Gasteiger partial charge in [0.2, 0.25) is 0 Å². The molecule has 0 spiro atoms. The van der Waals surface area contributed by atoms with Crippen LogP contribution in [0.15, 0.2) is 42.7 Å². The van der Waals surface area contributed by atoms with Crippen LogP contribution in [0.4, 0.5) is 0 Å². The molecule has 0 radical (unpaired) electrons. The fourth-order valence-electron chi connectivity index (χ4n) is 3.77. The van der Waals surface area contributed by atoms with Crippen molar-refractivity contribution >= 4 is 16.9 Å². The number of pyridine rings is 1. The molecule has 128 valence electrons. The molecule has 0 unspecified atom stereocenters. The molecule has 0 N–H and O–H groups in total. The number of imidazole rings is 1. The number of hydrogen-bond acceptors (Lipinski definition) is 3. The van der Waals surface area contributed by atoms with Crippen LogP contribution >= 0.6 is 0 Å². The zero-order valence-corrected chi connectivity index (χ0v) is 14.6. The van der Waals surface area contributed by atoms with E-state index in [0.717, 1.165) is 54.0 Å². The largest absolute Gasteiger partial charge is 0.338 e. The average molecular weight is 334 g/mol. The summed E-state index contributed by atoms with van der Waals surface area (Å²) >= 11 is 0. The van der Waals surface area contributed by atoms with Gasteiger partial charge in [0.15, 0.2) is 0 Å². The van der Waals surface area contributed by atoms with E-state index in [9.17, 15) is 4.79 Å². The Morgan fingerprint density at radius 1 is 1.28 bits per heavy atom. The highest BCUT2D eigenvalue weighted by molar-refractivity contribution is 5.95. The molecule has 3 aromatic rings. The summed E-state index contributed by atoms with van der Waals surface area (Å²) in [7, 11) is 0. The molecule has 0 saturated carbocycles. The Bertz CT molecular complexity index is 930. The minimum Gasteiger partial charge on any atom is -0.338 e. The predicted octanol–water partition coefficient (Wildman–Crippen LogP) is 3.39. The van der Waals surface area contributed by atoms with Crippen molar-refractivity contribution < 1.29 is 4.79 Å². The van der Waals surface area contributed by atoms with Crippen molar-refractivity contribution in [3.8, 4) is 0 Å². The molecule has 5 nitrogen and oxygen atoms in total. The minimum absolute atomic E-state index is 0.126. The van der Waals surface area contributed by atoms with Crippen LogP contribution in [0.5, 0.6) is 0 Å². The predicted molar refractivity (Wildman–Crippen MR) is 97.6 cm³/mol. The Kier molecular flexibility index (Phi) is 3.99. The normalized spacial score (nSPS) is 17.4. The molecule has 5 heteroatoms. The molecule has 0 aliphatic carbocycles. The van der Waals surface area contributed by atoms with Crippen molar-refractivity contribution in [1.82, 2.24) is 19.4 Å². The zero-order chi connectivity index (χ0) is 17.4. The molecule has 1 aromatic carbocycles. The number of hydrogen-bond donors (Lipinski definition) is 0. The third-order valence-corrected chi connectivity index (χ3v) is 5.11. The van der Waals surface area contributed by atoms with Gasteiger partial charge in [-0.25, -0.2) is 4.98 Å². The first-order valence-electron chi connectivity index (χ1n) is 8.84. The molecule has 1 aliphatic heterocycles. The number of rotatable bonds is 3. The van der Waals surface area contributed by atoms with Gasteiger partial charge in [0.05, 0.1) is 17.2 Å². The number of carbonyl (C=O) groups excluding carboxylic acids is 1. The topological polar surface area (TPSA) is 51.0 Å². The lowest BCUT2D eigenvalue weighted by Gasteiger charge is -2.18. The summed E-state index contributed by atoms with van der Waals surface area (Å²) in [5.74, 6) is 1.48. The van der Waals surface area contributed by atoms with Crippen molar-refractivity contribution in [2.24, 2.45) is 0 Å². The van der Waals surface area contributed by atoms with Crippen molar-refractivity contribution in [3.63, 3.8) is 0 Å². The Balaban J connectivity index is 1.61. The third-order valence-electron chi connectivity index (χ3n) is 5.11. The van der Waals surface area contributed by atoms with Crippen LogP contribution < -0.4 is 0 Å². The van der Waals surface area contributed by atoms with Gasteiger partial charge < -0.3 is 9.47 Å². The number of fused-ring (bicyclic) bond motifs is 1. The lowest BCUT2D eigenvalue weighted by molar-refractivity contribution is 0.0789. The number of aromatic nitrogens is 3. The van der Waals surface area contributed by atoms with Crippen LogP contribution in [0.2, 0.25) is 0 Å². The van der Waals surface area contributed by atoms with E-state index in [4.69, 9.17) is 4.98 Å². The molecule has 0 bridgehead atoms. The number of amides is 1. The molecule has 1 aliphatic rings. The van der Waals surface area contributed by atoms with Crippen LogP contribution in [-0.2, 0) is 6.54 Å². The second kappa shape index (κ2) is 6.31. The van der Waals surface area contributed by atoms with E-state index in [-0.39, 0.29) is 11.8 Å². The summed E-state index contributed by atoms with van der Waals surface area (Å²) in [6.07, 6.45) is 4.61. The summed E-state index contributed by atoms with van der Waals surface area (Å²) in [5.41, 5.74) is 3.89. The van der Waals surface area contributed by atoms with E-state index in [1.807, 2.05) is 48.4 Å². The molecular formula is C20H22N4O. The molecule has 1 saturated heterocycles. The summed E-state index contributed by atoms with van der Waals surface area (Å²) < 4.78 is 2.23. The number of carbonyl (C=O) groups is 1. The molecule has 2 aromatic heterocycles. The minimum atomic E-state index is 0.126. The Morgan fingerprint density at radius 2 is 2.12 bits per heavy atom. The maximum absolute atomic E-state index is 12.9. The van der Waals surface area contributed by atoms with Crippen molar-refractivity contribution in [1.29, 1.82) is 0 Å². The van der Waals surface area contributed by atoms with Crippen LogP contribution in [-0.4, -0.2) is 38.4 Å². The smallest absolute Gasteiger partial charge is 0.254 e. The van der Waals surface area contributed by atoms with Crippen LogP contribution in [0.25, 0.3) is 11.0 Å². The number of aryl methyl sites for hydroxylation is 2.